The maximum atomic E-state index is 11.7. The molecule has 0 N–H and O–H groups in total. The number of rotatable bonds is 3. The van der Waals surface area contributed by atoms with Gasteiger partial charge < -0.3 is 4.74 Å². The van der Waals surface area contributed by atoms with Gasteiger partial charge in [0.05, 0.1) is 0 Å². The summed E-state index contributed by atoms with van der Waals surface area (Å²) in [4.78, 5) is 11.7. The normalized spacial score (nSPS) is 28.9. The fourth-order valence-corrected chi connectivity index (χ4v) is 2.67. The molecular weight excluding hydrogens is 212 g/mol. The molecule has 0 unspecified atom stereocenters. The second-order valence-electron chi connectivity index (χ2n) is 6.02. The lowest BCUT2D eigenvalue weighted by molar-refractivity contribution is -0.149. The van der Waals surface area contributed by atoms with Gasteiger partial charge in [-0.15, -0.1) is 0 Å². The maximum Gasteiger partial charge on any atom is 0.330 e. The lowest BCUT2D eigenvalue weighted by Crippen LogP contribution is -2.35. The van der Waals surface area contributed by atoms with E-state index in [1.807, 2.05) is 13.8 Å². The number of ether oxygens (including phenoxy) is 1. The van der Waals surface area contributed by atoms with Gasteiger partial charge in [-0.25, -0.2) is 4.79 Å². The zero-order valence-electron chi connectivity index (χ0n) is 11.8. The highest BCUT2D eigenvalue weighted by Gasteiger charge is 2.32. The monoisotopic (exact) mass is 238 g/mol. The van der Waals surface area contributed by atoms with Crippen molar-refractivity contribution in [2.45, 2.75) is 60.0 Å². The number of carbonyl (C=O) groups excluding carboxylic acids is 1. The van der Waals surface area contributed by atoms with Crippen molar-refractivity contribution in [1.29, 1.82) is 0 Å². The number of esters is 1. The second-order valence-corrected chi connectivity index (χ2v) is 6.02. The predicted octanol–water partition coefficient (Wildman–Crippen LogP) is 3.96. The lowest BCUT2D eigenvalue weighted by atomic mass is 9.75. The van der Waals surface area contributed by atoms with Gasteiger partial charge in [0.1, 0.15) is 6.10 Å². The van der Waals surface area contributed by atoms with Gasteiger partial charge in [-0.3, -0.25) is 0 Å². The number of hydrogen-bond donors (Lipinski definition) is 0. The van der Waals surface area contributed by atoms with Crippen LogP contribution >= 0.6 is 0 Å². The van der Waals surface area contributed by atoms with Crippen molar-refractivity contribution >= 4 is 5.97 Å². The Bertz CT molecular complexity index is 287. The van der Waals surface area contributed by atoms with Gasteiger partial charge in [0, 0.05) is 6.08 Å². The summed E-state index contributed by atoms with van der Waals surface area (Å²) in [5, 5.41) is 0. The zero-order valence-corrected chi connectivity index (χ0v) is 11.8. The van der Waals surface area contributed by atoms with E-state index < -0.39 is 0 Å². The SMILES string of the molecule is CC(C)=CC(=O)O[C@H]1C[C@@H](C)CC[C@@H]1C(C)C. The van der Waals surface area contributed by atoms with Crippen molar-refractivity contribution in [3.05, 3.63) is 11.6 Å². The van der Waals surface area contributed by atoms with Gasteiger partial charge >= 0.3 is 5.97 Å². The Hall–Kier alpha value is -0.790. The van der Waals surface area contributed by atoms with Crippen LogP contribution in [0.25, 0.3) is 0 Å². The topological polar surface area (TPSA) is 26.3 Å². The molecule has 0 bridgehead atoms. The van der Waals surface area contributed by atoms with E-state index in [1.54, 1.807) is 6.08 Å². The molecule has 0 aromatic carbocycles. The first-order valence-electron chi connectivity index (χ1n) is 6.75. The first-order valence-corrected chi connectivity index (χ1v) is 6.75. The summed E-state index contributed by atoms with van der Waals surface area (Å²) >= 11 is 0. The van der Waals surface area contributed by atoms with Crippen LogP contribution in [0.15, 0.2) is 11.6 Å². The molecular formula is C15H26O2. The van der Waals surface area contributed by atoms with Crippen molar-refractivity contribution in [1.82, 2.24) is 0 Å². The molecule has 2 nitrogen and oxygen atoms in total. The minimum Gasteiger partial charge on any atom is -0.459 e. The number of allylic oxidation sites excluding steroid dienone is 1. The first-order chi connectivity index (χ1) is 7.90. The van der Waals surface area contributed by atoms with Crippen LogP contribution in [-0.2, 0) is 9.53 Å². The van der Waals surface area contributed by atoms with Crippen LogP contribution in [0.2, 0.25) is 0 Å². The summed E-state index contributed by atoms with van der Waals surface area (Å²) in [6, 6.07) is 0. The summed E-state index contributed by atoms with van der Waals surface area (Å²) in [5.74, 6) is 1.62. The van der Waals surface area contributed by atoms with Crippen LogP contribution in [0.1, 0.15) is 53.9 Å². The van der Waals surface area contributed by atoms with Crippen molar-refractivity contribution in [2.24, 2.45) is 17.8 Å². The second kappa shape index (κ2) is 6.23. The molecule has 1 aliphatic carbocycles. The standard InChI is InChI=1S/C15H26O2/c1-10(2)8-15(16)17-14-9-12(5)6-7-13(14)11(3)4/h8,11-14H,6-7,9H2,1-5H3/t12-,13+,14-/m0/s1. The van der Waals surface area contributed by atoms with E-state index in [1.165, 1.54) is 12.8 Å². The number of hydrogen-bond acceptors (Lipinski definition) is 2. The maximum absolute atomic E-state index is 11.7. The molecule has 1 fully saturated rings. The van der Waals surface area contributed by atoms with Crippen molar-refractivity contribution in [3.8, 4) is 0 Å². The Morgan fingerprint density at radius 2 is 1.94 bits per heavy atom. The molecule has 0 radical (unpaired) electrons. The molecule has 0 amide bonds. The van der Waals surface area contributed by atoms with E-state index in [4.69, 9.17) is 4.74 Å². The van der Waals surface area contributed by atoms with E-state index in [0.29, 0.717) is 17.8 Å². The summed E-state index contributed by atoms with van der Waals surface area (Å²) in [6.45, 7) is 10.5. The Labute approximate surface area is 105 Å². The van der Waals surface area contributed by atoms with Gasteiger partial charge in [-0.05, 0) is 44.4 Å². The fraction of sp³-hybridized carbons (Fsp3) is 0.800. The Balaban J connectivity index is 2.64. The molecule has 3 atom stereocenters. The Morgan fingerprint density at radius 1 is 1.29 bits per heavy atom. The molecule has 98 valence electrons. The van der Waals surface area contributed by atoms with Crippen LogP contribution in [0.4, 0.5) is 0 Å². The van der Waals surface area contributed by atoms with E-state index in [2.05, 4.69) is 20.8 Å². The minimum absolute atomic E-state index is 0.113. The van der Waals surface area contributed by atoms with E-state index in [9.17, 15) is 4.79 Å². The minimum atomic E-state index is -0.172. The first kappa shape index (κ1) is 14.3. The molecule has 1 saturated carbocycles. The summed E-state index contributed by atoms with van der Waals surface area (Å²) in [7, 11) is 0. The molecule has 0 spiro atoms. The summed E-state index contributed by atoms with van der Waals surface area (Å²) < 4.78 is 5.63. The molecule has 0 aliphatic heterocycles. The molecule has 2 heteroatoms. The number of carbonyl (C=O) groups is 1. The summed E-state index contributed by atoms with van der Waals surface area (Å²) in [6.07, 6.45) is 5.18. The van der Waals surface area contributed by atoms with Gasteiger partial charge in [-0.2, -0.15) is 0 Å². The van der Waals surface area contributed by atoms with Crippen LogP contribution in [-0.4, -0.2) is 12.1 Å². The van der Waals surface area contributed by atoms with Crippen molar-refractivity contribution in [2.75, 3.05) is 0 Å². The molecule has 17 heavy (non-hydrogen) atoms. The Kier molecular flexibility index (Phi) is 5.23. The average molecular weight is 238 g/mol. The largest absolute Gasteiger partial charge is 0.459 e. The van der Waals surface area contributed by atoms with E-state index >= 15 is 0 Å². The Morgan fingerprint density at radius 3 is 2.47 bits per heavy atom. The fourth-order valence-electron chi connectivity index (χ4n) is 2.67. The van der Waals surface area contributed by atoms with Crippen LogP contribution in [0.5, 0.6) is 0 Å². The zero-order chi connectivity index (χ0) is 13.0. The van der Waals surface area contributed by atoms with Crippen LogP contribution < -0.4 is 0 Å². The van der Waals surface area contributed by atoms with E-state index in [0.717, 1.165) is 12.0 Å². The van der Waals surface area contributed by atoms with Gasteiger partial charge in [0.15, 0.2) is 0 Å². The van der Waals surface area contributed by atoms with Gasteiger partial charge in [0.2, 0.25) is 0 Å². The van der Waals surface area contributed by atoms with Crippen LogP contribution in [0, 0.1) is 17.8 Å². The molecule has 0 saturated heterocycles. The van der Waals surface area contributed by atoms with Crippen LogP contribution in [0.3, 0.4) is 0 Å². The molecule has 0 aromatic heterocycles. The molecule has 0 aromatic rings. The highest BCUT2D eigenvalue weighted by atomic mass is 16.5. The third-order valence-electron chi connectivity index (χ3n) is 3.64. The highest BCUT2D eigenvalue weighted by Crippen LogP contribution is 2.35. The van der Waals surface area contributed by atoms with Crippen molar-refractivity contribution in [3.63, 3.8) is 0 Å². The third kappa shape index (κ3) is 4.53. The predicted molar refractivity (Wildman–Crippen MR) is 70.7 cm³/mol. The van der Waals surface area contributed by atoms with Gasteiger partial charge in [-0.1, -0.05) is 32.8 Å². The quantitative estimate of drug-likeness (QED) is 0.549. The lowest BCUT2D eigenvalue weighted by Gasteiger charge is -2.36. The average Bonchev–Trinajstić information content (AvgIpc) is 2.15. The van der Waals surface area contributed by atoms with Crippen molar-refractivity contribution < 1.29 is 9.53 Å². The molecule has 1 aliphatic rings. The van der Waals surface area contributed by atoms with E-state index in [-0.39, 0.29) is 12.1 Å². The molecule has 1 rings (SSSR count). The highest BCUT2D eigenvalue weighted by molar-refractivity contribution is 5.82. The third-order valence-corrected chi connectivity index (χ3v) is 3.64. The smallest absolute Gasteiger partial charge is 0.330 e. The molecule has 0 heterocycles. The van der Waals surface area contributed by atoms with Gasteiger partial charge in [0.25, 0.3) is 0 Å². The summed E-state index contributed by atoms with van der Waals surface area (Å²) in [5.41, 5.74) is 1.000.